The van der Waals surface area contributed by atoms with Crippen molar-refractivity contribution in [2.45, 2.75) is 64.5 Å². The van der Waals surface area contributed by atoms with Gasteiger partial charge in [-0.1, -0.05) is 25.7 Å². The van der Waals surface area contributed by atoms with Gasteiger partial charge in [-0.2, -0.15) is 5.10 Å². The van der Waals surface area contributed by atoms with Gasteiger partial charge in [0.05, 0.1) is 6.20 Å². The second kappa shape index (κ2) is 6.93. The topological polar surface area (TPSA) is 29.9 Å². The fourth-order valence-electron chi connectivity index (χ4n) is 3.16. The minimum atomic E-state index is 0.623. The zero-order valence-corrected chi connectivity index (χ0v) is 11.9. The summed E-state index contributed by atoms with van der Waals surface area (Å²) in [7, 11) is 2.11. The Kier molecular flexibility index (Phi) is 5.24. The average molecular weight is 249 g/mol. The third kappa shape index (κ3) is 3.58. The monoisotopic (exact) mass is 249 g/mol. The molecular weight excluding hydrogens is 222 g/mol. The van der Waals surface area contributed by atoms with E-state index in [0.29, 0.717) is 6.04 Å². The second-order valence-corrected chi connectivity index (χ2v) is 5.56. The SMILES string of the molecule is CCn1cc(CC(NC)C2CCCCCC2)cn1. The number of rotatable bonds is 5. The lowest BCUT2D eigenvalue weighted by atomic mass is 9.88. The van der Waals surface area contributed by atoms with Crippen molar-refractivity contribution in [3.63, 3.8) is 0 Å². The van der Waals surface area contributed by atoms with Crippen molar-refractivity contribution >= 4 is 0 Å². The van der Waals surface area contributed by atoms with E-state index in [1.165, 1.54) is 44.1 Å². The molecule has 0 aromatic carbocycles. The molecule has 1 aromatic heterocycles. The first-order valence-electron chi connectivity index (χ1n) is 7.52. The van der Waals surface area contributed by atoms with Crippen LogP contribution in [0.15, 0.2) is 12.4 Å². The minimum absolute atomic E-state index is 0.623. The van der Waals surface area contributed by atoms with E-state index < -0.39 is 0 Å². The summed E-state index contributed by atoms with van der Waals surface area (Å²) in [4.78, 5) is 0. The Morgan fingerprint density at radius 1 is 1.33 bits per heavy atom. The molecule has 0 spiro atoms. The standard InChI is InChI=1S/C15H27N3/c1-3-18-12-13(11-17-18)10-15(16-2)14-8-6-4-5-7-9-14/h11-12,14-16H,3-10H2,1-2H3. The summed E-state index contributed by atoms with van der Waals surface area (Å²) >= 11 is 0. The molecule has 1 atom stereocenters. The number of hydrogen-bond donors (Lipinski definition) is 1. The van der Waals surface area contributed by atoms with Crippen LogP contribution in [0, 0.1) is 5.92 Å². The van der Waals surface area contributed by atoms with E-state index in [4.69, 9.17) is 0 Å². The van der Waals surface area contributed by atoms with Crippen molar-refractivity contribution in [3.05, 3.63) is 18.0 Å². The predicted molar refractivity (Wildman–Crippen MR) is 75.6 cm³/mol. The molecule has 0 amide bonds. The first kappa shape index (κ1) is 13.6. The Balaban J connectivity index is 1.94. The van der Waals surface area contributed by atoms with E-state index in [1.807, 2.05) is 10.9 Å². The van der Waals surface area contributed by atoms with Gasteiger partial charge in [0.2, 0.25) is 0 Å². The van der Waals surface area contributed by atoms with Crippen molar-refractivity contribution in [1.29, 1.82) is 0 Å². The third-order valence-electron chi connectivity index (χ3n) is 4.31. The van der Waals surface area contributed by atoms with Crippen LogP contribution >= 0.6 is 0 Å². The molecule has 1 aliphatic rings. The van der Waals surface area contributed by atoms with Gasteiger partial charge in [0.1, 0.15) is 0 Å². The van der Waals surface area contributed by atoms with Gasteiger partial charge in [0, 0.05) is 18.8 Å². The van der Waals surface area contributed by atoms with Crippen molar-refractivity contribution in [2.75, 3.05) is 7.05 Å². The molecule has 1 heterocycles. The van der Waals surface area contributed by atoms with Crippen LogP contribution in [-0.2, 0) is 13.0 Å². The Hall–Kier alpha value is -0.830. The molecular formula is C15H27N3. The summed E-state index contributed by atoms with van der Waals surface area (Å²) in [6.07, 6.45) is 13.8. The molecule has 1 aromatic rings. The van der Waals surface area contributed by atoms with E-state index in [-0.39, 0.29) is 0 Å². The van der Waals surface area contributed by atoms with Gasteiger partial charge >= 0.3 is 0 Å². The first-order chi connectivity index (χ1) is 8.83. The highest BCUT2D eigenvalue weighted by Gasteiger charge is 2.21. The highest BCUT2D eigenvalue weighted by atomic mass is 15.3. The van der Waals surface area contributed by atoms with Gasteiger partial charge < -0.3 is 5.32 Å². The molecule has 3 nitrogen and oxygen atoms in total. The molecule has 3 heteroatoms. The van der Waals surface area contributed by atoms with E-state index in [2.05, 4.69) is 30.6 Å². The summed E-state index contributed by atoms with van der Waals surface area (Å²) in [5.41, 5.74) is 1.38. The number of aryl methyl sites for hydroxylation is 1. The maximum absolute atomic E-state index is 4.37. The lowest BCUT2D eigenvalue weighted by Gasteiger charge is -2.25. The number of aromatic nitrogens is 2. The Labute approximate surface area is 111 Å². The molecule has 1 fully saturated rings. The lowest BCUT2D eigenvalue weighted by molar-refractivity contribution is 0.332. The van der Waals surface area contributed by atoms with Gasteiger partial charge in [0.25, 0.3) is 0 Å². The zero-order chi connectivity index (χ0) is 12.8. The normalized spacial score (nSPS) is 19.7. The van der Waals surface area contributed by atoms with Crippen LogP contribution < -0.4 is 5.32 Å². The molecule has 1 saturated carbocycles. The molecule has 0 aliphatic heterocycles. The molecule has 18 heavy (non-hydrogen) atoms. The molecule has 102 valence electrons. The molecule has 1 aliphatic carbocycles. The van der Waals surface area contributed by atoms with Gasteiger partial charge in [-0.05, 0) is 44.7 Å². The van der Waals surface area contributed by atoms with Crippen LogP contribution in [0.25, 0.3) is 0 Å². The van der Waals surface area contributed by atoms with Crippen LogP contribution in [0.3, 0.4) is 0 Å². The summed E-state index contributed by atoms with van der Waals surface area (Å²) in [6, 6.07) is 0.623. The Morgan fingerprint density at radius 2 is 2.06 bits per heavy atom. The van der Waals surface area contributed by atoms with Gasteiger partial charge in [0.15, 0.2) is 0 Å². The van der Waals surface area contributed by atoms with E-state index in [0.717, 1.165) is 18.9 Å². The van der Waals surface area contributed by atoms with Gasteiger partial charge in [-0.15, -0.1) is 0 Å². The predicted octanol–water partition coefficient (Wildman–Crippen LogP) is 3.00. The molecule has 2 rings (SSSR count). The number of likely N-dealkylation sites (N-methyl/N-ethyl adjacent to an activating group) is 1. The summed E-state index contributed by atoms with van der Waals surface area (Å²) < 4.78 is 2.02. The molecule has 1 N–H and O–H groups in total. The molecule has 1 unspecified atom stereocenters. The summed E-state index contributed by atoms with van der Waals surface area (Å²) in [5.74, 6) is 0.850. The summed E-state index contributed by atoms with van der Waals surface area (Å²) in [5, 5.41) is 7.91. The number of nitrogens with one attached hydrogen (secondary N) is 1. The largest absolute Gasteiger partial charge is 0.316 e. The van der Waals surface area contributed by atoms with Crippen molar-refractivity contribution in [3.8, 4) is 0 Å². The fraction of sp³-hybridized carbons (Fsp3) is 0.800. The molecule has 0 radical (unpaired) electrons. The highest BCUT2D eigenvalue weighted by molar-refractivity contribution is 5.07. The van der Waals surface area contributed by atoms with E-state index in [9.17, 15) is 0 Å². The van der Waals surface area contributed by atoms with Crippen molar-refractivity contribution in [2.24, 2.45) is 5.92 Å². The number of nitrogens with zero attached hydrogens (tertiary/aromatic N) is 2. The van der Waals surface area contributed by atoms with Crippen LogP contribution in [0.4, 0.5) is 0 Å². The molecule has 0 saturated heterocycles. The van der Waals surface area contributed by atoms with E-state index >= 15 is 0 Å². The Bertz CT molecular complexity index is 337. The smallest absolute Gasteiger partial charge is 0.0522 e. The second-order valence-electron chi connectivity index (χ2n) is 5.56. The molecule has 0 bridgehead atoms. The maximum Gasteiger partial charge on any atom is 0.0522 e. The Morgan fingerprint density at radius 3 is 2.61 bits per heavy atom. The zero-order valence-electron chi connectivity index (χ0n) is 11.9. The quantitative estimate of drug-likeness (QED) is 0.813. The van der Waals surface area contributed by atoms with Gasteiger partial charge in [-0.3, -0.25) is 4.68 Å². The first-order valence-corrected chi connectivity index (χ1v) is 7.52. The average Bonchev–Trinajstić information content (AvgIpc) is 2.68. The number of hydrogen-bond acceptors (Lipinski definition) is 2. The lowest BCUT2D eigenvalue weighted by Crippen LogP contribution is -2.35. The fourth-order valence-corrected chi connectivity index (χ4v) is 3.16. The van der Waals surface area contributed by atoms with Crippen LogP contribution in [0.5, 0.6) is 0 Å². The van der Waals surface area contributed by atoms with E-state index in [1.54, 1.807) is 0 Å². The van der Waals surface area contributed by atoms with Crippen LogP contribution in [-0.4, -0.2) is 22.9 Å². The van der Waals surface area contributed by atoms with Crippen molar-refractivity contribution < 1.29 is 0 Å². The van der Waals surface area contributed by atoms with Crippen LogP contribution in [0.1, 0.15) is 51.0 Å². The maximum atomic E-state index is 4.37. The van der Waals surface area contributed by atoms with Crippen molar-refractivity contribution in [1.82, 2.24) is 15.1 Å². The minimum Gasteiger partial charge on any atom is -0.316 e. The van der Waals surface area contributed by atoms with Gasteiger partial charge in [-0.25, -0.2) is 0 Å². The van der Waals surface area contributed by atoms with Crippen LogP contribution in [0.2, 0.25) is 0 Å². The third-order valence-corrected chi connectivity index (χ3v) is 4.31. The summed E-state index contributed by atoms with van der Waals surface area (Å²) in [6.45, 7) is 3.10. The highest BCUT2D eigenvalue weighted by Crippen LogP contribution is 2.27.